The maximum absolute atomic E-state index is 13.0. The SMILES string of the molecule is CC1CN(CC=CC(=O)N2CCc3c(sc4ncnc(Nc5ccc(OCc6ccccn6)c(Cl)c5)c34)C2)CC(C)O1. The van der Waals surface area contributed by atoms with Gasteiger partial charge in [-0.05, 0) is 56.2 Å². The van der Waals surface area contributed by atoms with Crippen LogP contribution in [-0.2, 0) is 29.1 Å². The lowest BCUT2D eigenvalue weighted by Gasteiger charge is -2.34. The van der Waals surface area contributed by atoms with E-state index in [2.05, 4.69) is 39.0 Å². The molecule has 2 aliphatic heterocycles. The average Bonchev–Trinajstić information content (AvgIpc) is 3.35. The van der Waals surface area contributed by atoms with Gasteiger partial charge in [0.15, 0.2) is 0 Å². The average molecular weight is 605 g/mol. The Labute approximate surface area is 254 Å². The van der Waals surface area contributed by atoms with Crippen molar-refractivity contribution in [2.75, 3.05) is 31.5 Å². The number of ether oxygens (including phenoxy) is 2. The fourth-order valence-electron chi connectivity index (χ4n) is 5.52. The van der Waals surface area contributed by atoms with Crippen LogP contribution in [0.2, 0.25) is 5.02 Å². The fourth-order valence-corrected chi connectivity index (χ4v) is 6.96. The summed E-state index contributed by atoms with van der Waals surface area (Å²) < 4.78 is 11.7. The van der Waals surface area contributed by atoms with Crippen LogP contribution in [0.4, 0.5) is 11.5 Å². The Kier molecular flexibility index (Phi) is 8.66. The minimum atomic E-state index is 0.0388. The third-order valence-corrected chi connectivity index (χ3v) is 8.78. The Morgan fingerprint density at radius 1 is 1.19 bits per heavy atom. The maximum Gasteiger partial charge on any atom is 0.246 e. The number of anilines is 2. The number of carbonyl (C=O) groups is 1. The van der Waals surface area contributed by atoms with Gasteiger partial charge in [-0.2, -0.15) is 0 Å². The van der Waals surface area contributed by atoms with Crippen LogP contribution in [0.15, 0.2) is 61.1 Å². The monoisotopic (exact) mass is 604 g/mol. The molecule has 6 rings (SSSR count). The Morgan fingerprint density at radius 2 is 2.05 bits per heavy atom. The molecule has 2 atom stereocenters. The first-order chi connectivity index (χ1) is 20.4. The van der Waals surface area contributed by atoms with Crippen LogP contribution < -0.4 is 10.1 Å². The number of benzene rings is 1. The molecule has 2 aliphatic rings. The number of amides is 1. The highest BCUT2D eigenvalue weighted by Crippen LogP contribution is 2.39. The van der Waals surface area contributed by atoms with Crippen molar-refractivity contribution in [3.05, 3.63) is 82.2 Å². The predicted octanol–water partition coefficient (Wildman–Crippen LogP) is 5.61. The summed E-state index contributed by atoms with van der Waals surface area (Å²) in [6.45, 7) is 8.24. The molecule has 1 aromatic carbocycles. The van der Waals surface area contributed by atoms with Crippen LogP contribution >= 0.6 is 22.9 Å². The molecule has 0 saturated carbocycles. The lowest BCUT2D eigenvalue weighted by molar-refractivity contribution is -0.126. The molecule has 0 radical (unpaired) electrons. The van der Waals surface area contributed by atoms with E-state index < -0.39 is 0 Å². The first kappa shape index (κ1) is 28.5. The molecule has 1 fully saturated rings. The second-order valence-corrected chi connectivity index (χ2v) is 12.2. The second kappa shape index (κ2) is 12.7. The topological polar surface area (TPSA) is 92.7 Å². The molecular weight excluding hydrogens is 572 g/mol. The number of hydrogen-bond donors (Lipinski definition) is 1. The van der Waals surface area contributed by atoms with E-state index in [0.29, 0.717) is 30.5 Å². The van der Waals surface area contributed by atoms with Crippen LogP contribution in [-0.4, -0.2) is 69.0 Å². The van der Waals surface area contributed by atoms with Crippen molar-refractivity contribution < 1.29 is 14.3 Å². The summed E-state index contributed by atoms with van der Waals surface area (Å²) in [6.07, 6.45) is 8.15. The van der Waals surface area contributed by atoms with Gasteiger partial charge in [0.2, 0.25) is 5.91 Å². The van der Waals surface area contributed by atoms with Crippen LogP contribution in [0.25, 0.3) is 10.2 Å². The van der Waals surface area contributed by atoms with Crippen molar-refractivity contribution in [2.45, 2.75) is 45.6 Å². The predicted molar refractivity (Wildman–Crippen MR) is 165 cm³/mol. The highest BCUT2D eigenvalue weighted by atomic mass is 35.5. The number of pyridine rings is 1. The number of fused-ring (bicyclic) bond motifs is 3. The second-order valence-electron chi connectivity index (χ2n) is 10.7. The summed E-state index contributed by atoms with van der Waals surface area (Å²) >= 11 is 8.17. The highest BCUT2D eigenvalue weighted by Gasteiger charge is 2.26. The largest absolute Gasteiger partial charge is 0.486 e. The Balaban J connectivity index is 1.11. The summed E-state index contributed by atoms with van der Waals surface area (Å²) in [4.78, 5) is 32.7. The number of hydrogen-bond acceptors (Lipinski definition) is 9. The van der Waals surface area contributed by atoms with Gasteiger partial charge in [-0.1, -0.05) is 23.7 Å². The first-order valence-electron chi connectivity index (χ1n) is 14.1. The molecule has 218 valence electrons. The number of aromatic nitrogens is 3. The highest BCUT2D eigenvalue weighted by molar-refractivity contribution is 7.19. The molecule has 0 bridgehead atoms. The number of halogens is 1. The summed E-state index contributed by atoms with van der Waals surface area (Å²) in [6, 6.07) is 11.3. The Bertz CT molecular complexity index is 1590. The molecule has 1 amide bonds. The molecular formula is C31H33ClN6O3S. The van der Waals surface area contributed by atoms with E-state index in [1.54, 1.807) is 29.9 Å². The van der Waals surface area contributed by atoms with Crippen molar-refractivity contribution in [3.63, 3.8) is 0 Å². The number of thiophene rings is 1. The molecule has 3 aromatic heterocycles. The van der Waals surface area contributed by atoms with E-state index in [-0.39, 0.29) is 18.1 Å². The van der Waals surface area contributed by atoms with Crippen LogP contribution in [0.1, 0.15) is 30.0 Å². The van der Waals surface area contributed by atoms with Crippen LogP contribution in [0.3, 0.4) is 0 Å². The van der Waals surface area contributed by atoms with Gasteiger partial charge in [0.1, 0.15) is 29.3 Å². The molecule has 9 nitrogen and oxygen atoms in total. The first-order valence-corrected chi connectivity index (χ1v) is 15.3. The van der Waals surface area contributed by atoms with E-state index in [1.165, 1.54) is 5.56 Å². The molecule has 1 N–H and O–H groups in total. The van der Waals surface area contributed by atoms with Gasteiger partial charge in [0.05, 0.1) is 34.9 Å². The lowest BCUT2D eigenvalue weighted by Crippen LogP contribution is -2.45. The van der Waals surface area contributed by atoms with E-state index in [0.717, 1.165) is 58.3 Å². The quantitative estimate of drug-likeness (QED) is 0.259. The molecule has 0 spiro atoms. The number of rotatable bonds is 8. The van der Waals surface area contributed by atoms with E-state index in [4.69, 9.17) is 21.1 Å². The zero-order valence-electron chi connectivity index (χ0n) is 23.6. The van der Waals surface area contributed by atoms with Gasteiger partial charge < -0.3 is 19.7 Å². The summed E-state index contributed by atoms with van der Waals surface area (Å²) in [5, 5.41) is 4.92. The van der Waals surface area contributed by atoms with Crippen molar-refractivity contribution in [2.24, 2.45) is 0 Å². The lowest BCUT2D eigenvalue weighted by atomic mass is 10.0. The minimum absolute atomic E-state index is 0.0388. The van der Waals surface area contributed by atoms with E-state index >= 15 is 0 Å². The van der Waals surface area contributed by atoms with E-state index in [1.807, 2.05) is 47.4 Å². The smallest absolute Gasteiger partial charge is 0.246 e. The van der Waals surface area contributed by atoms with Crippen molar-refractivity contribution in [1.29, 1.82) is 0 Å². The number of carbonyl (C=O) groups excluding carboxylic acids is 1. The molecule has 11 heteroatoms. The molecule has 1 saturated heterocycles. The minimum Gasteiger partial charge on any atom is -0.486 e. The summed E-state index contributed by atoms with van der Waals surface area (Å²) in [7, 11) is 0. The van der Waals surface area contributed by atoms with Gasteiger partial charge in [-0.25, -0.2) is 9.97 Å². The van der Waals surface area contributed by atoms with Gasteiger partial charge in [0.25, 0.3) is 0 Å². The number of nitrogens with zero attached hydrogens (tertiary/aromatic N) is 5. The standard InChI is InChI=1S/C31H33ClN6O3S/c1-20-15-37(16-21(2)41-20)12-5-7-28(39)38-13-10-24-27(17-38)42-31-29(24)30(34-19-35-31)36-22-8-9-26(25(32)14-22)40-18-23-6-3-4-11-33-23/h3-9,11,14,19-21H,10,12-13,15-18H2,1-2H3,(H,34,35,36). The normalized spacial score (nSPS) is 19.3. The van der Waals surface area contributed by atoms with Gasteiger partial charge in [-0.3, -0.25) is 14.7 Å². The van der Waals surface area contributed by atoms with Crippen LogP contribution in [0, 0.1) is 0 Å². The molecule has 42 heavy (non-hydrogen) atoms. The molecule has 5 heterocycles. The zero-order valence-corrected chi connectivity index (χ0v) is 25.2. The van der Waals surface area contributed by atoms with Crippen molar-refractivity contribution in [1.82, 2.24) is 24.8 Å². The molecule has 4 aromatic rings. The summed E-state index contributed by atoms with van der Waals surface area (Å²) in [5.41, 5.74) is 2.82. The molecule has 2 unspecified atom stereocenters. The van der Waals surface area contributed by atoms with Crippen molar-refractivity contribution in [3.8, 4) is 5.75 Å². The van der Waals surface area contributed by atoms with E-state index in [9.17, 15) is 4.79 Å². The zero-order chi connectivity index (χ0) is 29.1. The maximum atomic E-state index is 13.0. The molecule has 0 aliphatic carbocycles. The fraction of sp³-hybridized carbons (Fsp3) is 0.355. The van der Waals surface area contributed by atoms with Crippen LogP contribution in [0.5, 0.6) is 5.75 Å². The van der Waals surface area contributed by atoms with Crippen molar-refractivity contribution >= 4 is 50.6 Å². The number of nitrogens with one attached hydrogen (secondary N) is 1. The Hall–Kier alpha value is -3.57. The Morgan fingerprint density at radius 3 is 2.83 bits per heavy atom. The van der Waals surface area contributed by atoms with Gasteiger partial charge >= 0.3 is 0 Å². The third kappa shape index (κ3) is 6.57. The van der Waals surface area contributed by atoms with Gasteiger partial charge in [-0.15, -0.1) is 11.3 Å². The summed E-state index contributed by atoms with van der Waals surface area (Å²) in [5.74, 6) is 1.35. The third-order valence-electron chi connectivity index (χ3n) is 7.36. The van der Waals surface area contributed by atoms with Gasteiger partial charge in [0, 0.05) is 49.0 Å². The number of morpholine rings is 1.